The summed E-state index contributed by atoms with van der Waals surface area (Å²) in [5.74, 6) is -2.35. The van der Waals surface area contributed by atoms with E-state index in [1.54, 1.807) is 11.0 Å². The van der Waals surface area contributed by atoms with Gasteiger partial charge >= 0.3 is 5.97 Å². The summed E-state index contributed by atoms with van der Waals surface area (Å²) in [6.07, 6.45) is 10.5. The molecule has 0 aromatic rings. The predicted molar refractivity (Wildman–Crippen MR) is 130 cm³/mol. The molecule has 1 aliphatic carbocycles. The van der Waals surface area contributed by atoms with Crippen molar-refractivity contribution in [2.24, 2.45) is 11.8 Å². The van der Waals surface area contributed by atoms with Crippen LogP contribution in [0.1, 0.15) is 64.7 Å². The second-order valence-corrected chi connectivity index (χ2v) is 10.4. The molecule has 1 N–H and O–H groups in total. The molecular formula is C27H40N2O6. The lowest BCUT2D eigenvalue weighted by Gasteiger charge is -2.40. The van der Waals surface area contributed by atoms with Gasteiger partial charge in [-0.15, -0.1) is 6.58 Å². The molecule has 1 spiro atoms. The van der Waals surface area contributed by atoms with Crippen molar-refractivity contribution in [1.82, 2.24) is 9.80 Å². The van der Waals surface area contributed by atoms with Gasteiger partial charge in [-0.25, -0.2) is 0 Å². The van der Waals surface area contributed by atoms with Crippen molar-refractivity contribution in [3.63, 3.8) is 0 Å². The number of carbonyl (C=O) groups is 3. The molecule has 4 aliphatic rings. The van der Waals surface area contributed by atoms with Crippen LogP contribution < -0.4 is 0 Å². The van der Waals surface area contributed by atoms with Crippen LogP contribution in [0.3, 0.4) is 0 Å². The van der Waals surface area contributed by atoms with E-state index in [2.05, 4.69) is 13.2 Å². The first kappa shape index (κ1) is 25.9. The molecule has 0 aromatic heterocycles. The van der Waals surface area contributed by atoms with Gasteiger partial charge in [-0.1, -0.05) is 44.9 Å². The molecule has 0 aromatic carbocycles. The predicted octanol–water partition coefficient (Wildman–Crippen LogP) is 2.60. The van der Waals surface area contributed by atoms with Crippen LogP contribution in [0.15, 0.2) is 25.3 Å². The van der Waals surface area contributed by atoms with Gasteiger partial charge in [0.15, 0.2) is 0 Å². The second-order valence-electron chi connectivity index (χ2n) is 10.4. The number of hydrogen-bond acceptors (Lipinski definition) is 6. The smallest absolute Gasteiger partial charge is 0.313 e. The Balaban J connectivity index is 1.74. The number of hydrogen-bond donors (Lipinski definition) is 1. The van der Waals surface area contributed by atoms with Crippen molar-refractivity contribution in [3.05, 3.63) is 25.3 Å². The van der Waals surface area contributed by atoms with Crippen molar-refractivity contribution < 1.29 is 29.0 Å². The third-order valence-corrected chi connectivity index (χ3v) is 8.69. The number of likely N-dealkylation sites (tertiary alicyclic amines) is 1. The fraction of sp³-hybridized carbons (Fsp3) is 0.741. The molecule has 3 heterocycles. The van der Waals surface area contributed by atoms with E-state index in [0.717, 1.165) is 25.7 Å². The van der Waals surface area contributed by atoms with E-state index in [1.165, 1.54) is 12.5 Å². The minimum atomic E-state index is -1.06. The van der Waals surface area contributed by atoms with Crippen LogP contribution in [0.25, 0.3) is 0 Å². The number of amides is 2. The summed E-state index contributed by atoms with van der Waals surface area (Å²) in [5.41, 5.74) is -1.88. The largest absolute Gasteiger partial charge is 0.461 e. The minimum Gasteiger partial charge on any atom is -0.461 e. The summed E-state index contributed by atoms with van der Waals surface area (Å²) in [6, 6.07) is -0.717. The Hall–Kier alpha value is -2.19. The lowest BCUT2D eigenvalue weighted by atomic mass is 9.65. The van der Waals surface area contributed by atoms with Gasteiger partial charge in [-0.3, -0.25) is 14.4 Å². The van der Waals surface area contributed by atoms with E-state index < -0.39 is 35.0 Å². The minimum absolute atomic E-state index is 0.0639. The van der Waals surface area contributed by atoms with Crippen LogP contribution in [0, 0.1) is 11.8 Å². The van der Waals surface area contributed by atoms with Gasteiger partial charge in [0, 0.05) is 25.7 Å². The summed E-state index contributed by atoms with van der Waals surface area (Å²) in [7, 11) is 0. The van der Waals surface area contributed by atoms with Gasteiger partial charge < -0.3 is 24.4 Å². The monoisotopic (exact) mass is 488 g/mol. The Kier molecular flexibility index (Phi) is 7.71. The summed E-state index contributed by atoms with van der Waals surface area (Å²) >= 11 is 0. The molecule has 2 bridgehead atoms. The van der Waals surface area contributed by atoms with Crippen LogP contribution in [0.5, 0.6) is 0 Å². The quantitative estimate of drug-likeness (QED) is 0.355. The van der Waals surface area contributed by atoms with Gasteiger partial charge in [0.25, 0.3) is 0 Å². The highest BCUT2D eigenvalue weighted by molar-refractivity contribution is 5.98. The summed E-state index contributed by atoms with van der Waals surface area (Å²) in [6.45, 7) is 10.1. The van der Waals surface area contributed by atoms with Crippen LogP contribution in [0.2, 0.25) is 0 Å². The number of nitrogens with zero attached hydrogens (tertiary/aromatic N) is 2. The first-order chi connectivity index (χ1) is 16.9. The standard InChI is InChI=1S/C27H40N2O6/c1-4-15-28(19-11-8-7-9-12-19)24(32)22-27-14-13-26(6-3,35-27)21(25(33)34-18-5-2)20(27)23(31)29(22)16-10-17-30/h4-5,19-22,30H,1-2,6-18H2,3H3/t20-,21-,22?,26+,27?/m0/s1. The molecule has 35 heavy (non-hydrogen) atoms. The molecule has 2 amide bonds. The molecule has 194 valence electrons. The highest BCUT2D eigenvalue weighted by Gasteiger charge is 2.79. The van der Waals surface area contributed by atoms with Crippen LogP contribution in [-0.4, -0.2) is 82.3 Å². The SMILES string of the molecule is C=CCOC(=O)[C@@H]1[C@H]2C(=O)N(CCCO)C(C(=O)N(CC=C)C3CCCCC3)C23CC[C@@]1(CC)O3. The maximum Gasteiger partial charge on any atom is 0.313 e. The molecule has 2 unspecified atom stereocenters. The lowest BCUT2D eigenvalue weighted by Crippen LogP contribution is -2.58. The van der Waals surface area contributed by atoms with E-state index >= 15 is 0 Å². The topological polar surface area (TPSA) is 96.4 Å². The Labute approximate surface area is 208 Å². The molecule has 3 saturated heterocycles. The van der Waals surface area contributed by atoms with E-state index in [1.807, 2.05) is 11.8 Å². The molecule has 8 heteroatoms. The zero-order valence-electron chi connectivity index (χ0n) is 21.0. The molecule has 8 nitrogen and oxygen atoms in total. The highest BCUT2D eigenvalue weighted by atomic mass is 16.6. The third kappa shape index (κ3) is 4.12. The normalized spacial score (nSPS) is 34.1. The van der Waals surface area contributed by atoms with Crippen molar-refractivity contribution in [2.75, 3.05) is 26.3 Å². The summed E-state index contributed by atoms with van der Waals surface area (Å²) in [4.78, 5) is 45.0. The molecule has 5 atom stereocenters. The van der Waals surface area contributed by atoms with Gasteiger partial charge in [0.05, 0.1) is 11.5 Å². The Bertz CT molecular complexity index is 855. The van der Waals surface area contributed by atoms with Gasteiger partial charge in [-0.2, -0.15) is 0 Å². The lowest BCUT2D eigenvalue weighted by molar-refractivity contribution is -0.161. The Morgan fingerprint density at radius 1 is 1.23 bits per heavy atom. The number of aliphatic hydroxyl groups excluding tert-OH is 1. The van der Waals surface area contributed by atoms with E-state index in [-0.39, 0.29) is 37.6 Å². The van der Waals surface area contributed by atoms with Crippen LogP contribution in [0.4, 0.5) is 0 Å². The molecular weight excluding hydrogens is 448 g/mol. The van der Waals surface area contributed by atoms with Gasteiger partial charge in [-0.05, 0) is 38.5 Å². The van der Waals surface area contributed by atoms with Crippen molar-refractivity contribution in [1.29, 1.82) is 0 Å². The fourth-order valence-corrected chi connectivity index (χ4v) is 7.18. The highest BCUT2D eigenvalue weighted by Crippen LogP contribution is 2.64. The van der Waals surface area contributed by atoms with Crippen LogP contribution >= 0.6 is 0 Å². The van der Waals surface area contributed by atoms with Crippen LogP contribution in [-0.2, 0) is 23.9 Å². The van der Waals surface area contributed by atoms with E-state index in [0.29, 0.717) is 32.2 Å². The third-order valence-electron chi connectivity index (χ3n) is 8.69. The average Bonchev–Trinajstić information content (AvgIpc) is 3.48. The number of ether oxygens (including phenoxy) is 2. The number of rotatable bonds is 11. The van der Waals surface area contributed by atoms with E-state index in [9.17, 15) is 19.5 Å². The van der Waals surface area contributed by atoms with Crippen molar-refractivity contribution >= 4 is 17.8 Å². The van der Waals surface area contributed by atoms with Gasteiger partial charge in [0.1, 0.15) is 24.2 Å². The number of fused-ring (bicyclic) bond motifs is 1. The summed E-state index contributed by atoms with van der Waals surface area (Å²) in [5, 5.41) is 9.52. The summed E-state index contributed by atoms with van der Waals surface area (Å²) < 4.78 is 12.2. The zero-order valence-corrected chi connectivity index (χ0v) is 21.0. The Morgan fingerprint density at radius 3 is 2.60 bits per heavy atom. The first-order valence-corrected chi connectivity index (χ1v) is 13.2. The zero-order chi connectivity index (χ0) is 25.2. The Morgan fingerprint density at radius 2 is 1.97 bits per heavy atom. The maximum absolute atomic E-state index is 14.3. The van der Waals surface area contributed by atoms with Gasteiger partial charge in [0.2, 0.25) is 11.8 Å². The van der Waals surface area contributed by atoms with Crippen molar-refractivity contribution in [3.8, 4) is 0 Å². The number of esters is 1. The molecule has 4 fully saturated rings. The first-order valence-electron chi connectivity index (χ1n) is 13.2. The van der Waals surface area contributed by atoms with E-state index in [4.69, 9.17) is 9.47 Å². The number of aliphatic hydroxyl groups is 1. The maximum atomic E-state index is 14.3. The molecule has 0 radical (unpaired) electrons. The number of carbonyl (C=O) groups excluding carboxylic acids is 3. The average molecular weight is 489 g/mol. The molecule has 3 aliphatic heterocycles. The fourth-order valence-electron chi connectivity index (χ4n) is 7.18. The molecule has 1 saturated carbocycles. The molecule has 4 rings (SSSR count). The second kappa shape index (κ2) is 10.4. The van der Waals surface area contributed by atoms with Crippen molar-refractivity contribution in [2.45, 2.75) is 88.0 Å².